The highest BCUT2D eigenvalue weighted by Crippen LogP contribution is 2.32. The number of benzene rings is 5. The van der Waals surface area contributed by atoms with Gasteiger partial charge in [-0.05, 0) is 47.5 Å². The van der Waals surface area contributed by atoms with Crippen molar-refractivity contribution in [3.63, 3.8) is 0 Å². The Kier molecular flexibility index (Phi) is 5.43. The first-order valence-electron chi connectivity index (χ1n) is 14.7. The molecule has 0 saturated carbocycles. The summed E-state index contributed by atoms with van der Waals surface area (Å²) in [6, 6.07) is 52.7. The molecule has 5 heteroatoms. The average Bonchev–Trinajstić information content (AvgIpc) is 3.75. The summed E-state index contributed by atoms with van der Waals surface area (Å²) in [6.45, 7) is 0. The molecule has 206 valence electrons. The second-order valence-corrected chi connectivity index (χ2v) is 11.1. The Hall–Kier alpha value is -6.07. The molecule has 4 heterocycles. The second-order valence-electron chi connectivity index (χ2n) is 11.1. The molecular formula is C39H25N5. The van der Waals surface area contributed by atoms with Crippen molar-refractivity contribution in [2.75, 3.05) is 0 Å². The molecule has 4 aromatic heterocycles. The van der Waals surface area contributed by atoms with Crippen LogP contribution in [0.2, 0.25) is 0 Å². The molecule has 9 aromatic rings. The van der Waals surface area contributed by atoms with E-state index >= 15 is 0 Å². The molecule has 0 radical (unpaired) electrons. The number of fused-ring (bicyclic) bond motifs is 6. The molecule has 0 aliphatic carbocycles. The topological polar surface area (TPSA) is 47.5 Å². The molecule has 0 atom stereocenters. The summed E-state index contributed by atoms with van der Waals surface area (Å²) in [5, 5.41) is 12.3. The zero-order valence-electron chi connectivity index (χ0n) is 23.7. The van der Waals surface area contributed by atoms with Crippen molar-refractivity contribution in [2.24, 2.45) is 0 Å². The van der Waals surface area contributed by atoms with E-state index in [1.54, 1.807) is 0 Å². The van der Waals surface area contributed by atoms with Crippen molar-refractivity contribution in [2.45, 2.75) is 0 Å². The van der Waals surface area contributed by atoms with E-state index < -0.39 is 0 Å². The van der Waals surface area contributed by atoms with Crippen LogP contribution in [0.3, 0.4) is 0 Å². The Bertz CT molecular complexity index is 2490. The lowest BCUT2D eigenvalue weighted by Gasteiger charge is -2.09. The van der Waals surface area contributed by atoms with Crippen LogP contribution in [0.5, 0.6) is 0 Å². The van der Waals surface area contributed by atoms with E-state index in [9.17, 15) is 0 Å². The molecule has 0 amide bonds. The maximum absolute atomic E-state index is 5.07. The van der Waals surface area contributed by atoms with Gasteiger partial charge in [-0.1, -0.05) is 115 Å². The van der Waals surface area contributed by atoms with Gasteiger partial charge in [-0.3, -0.25) is 0 Å². The SMILES string of the molecule is c1ccc(-c2cc3c4ccccc4nc(-c4ccc(-c5cccc(-c6cc7ccc8ccccc8n7n6)c5)cc4)n3n2)cc1. The molecule has 9 rings (SSSR count). The van der Waals surface area contributed by atoms with Gasteiger partial charge in [-0.25, -0.2) is 14.0 Å². The van der Waals surface area contributed by atoms with Gasteiger partial charge in [0.1, 0.15) is 0 Å². The molecule has 0 spiro atoms. The van der Waals surface area contributed by atoms with Gasteiger partial charge in [0.15, 0.2) is 5.82 Å². The Labute approximate surface area is 253 Å². The van der Waals surface area contributed by atoms with Crippen LogP contribution in [0, 0.1) is 0 Å². The maximum Gasteiger partial charge on any atom is 0.161 e. The van der Waals surface area contributed by atoms with Gasteiger partial charge in [-0.15, -0.1) is 0 Å². The minimum absolute atomic E-state index is 0.818. The van der Waals surface area contributed by atoms with E-state index in [4.69, 9.17) is 15.2 Å². The molecular weight excluding hydrogens is 538 g/mol. The molecule has 0 fully saturated rings. The second kappa shape index (κ2) is 9.75. The van der Waals surface area contributed by atoms with Crippen molar-refractivity contribution in [1.29, 1.82) is 0 Å². The van der Waals surface area contributed by atoms with Crippen LogP contribution in [-0.4, -0.2) is 24.2 Å². The number of rotatable bonds is 4. The van der Waals surface area contributed by atoms with Gasteiger partial charge < -0.3 is 0 Å². The van der Waals surface area contributed by atoms with E-state index in [1.165, 1.54) is 5.39 Å². The molecule has 0 unspecified atom stereocenters. The van der Waals surface area contributed by atoms with Gasteiger partial charge >= 0.3 is 0 Å². The third kappa shape index (κ3) is 3.98. The van der Waals surface area contributed by atoms with Crippen molar-refractivity contribution < 1.29 is 0 Å². The largest absolute Gasteiger partial charge is 0.232 e. The molecule has 44 heavy (non-hydrogen) atoms. The summed E-state index contributed by atoms with van der Waals surface area (Å²) < 4.78 is 4.01. The zero-order valence-corrected chi connectivity index (χ0v) is 23.7. The van der Waals surface area contributed by atoms with Crippen LogP contribution in [0.25, 0.3) is 77.9 Å². The smallest absolute Gasteiger partial charge is 0.161 e. The standard InChI is InChI=1S/C39H25N5/c1-2-9-27(10-3-1)36-25-38-33-14-5-6-15-34(33)40-39(44(38)42-36)29-19-17-26(18-20-29)30-12-8-13-31(23-30)35-24-32-22-21-28-11-4-7-16-37(28)43(32)41-35/h1-25H. The Morgan fingerprint density at radius 2 is 1.11 bits per heavy atom. The number of pyridine rings is 1. The number of hydrogen-bond acceptors (Lipinski definition) is 3. The Balaban J connectivity index is 1.11. The van der Waals surface area contributed by atoms with Crippen LogP contribution in [0.1, 0.15) is 0 Å². The number of nitrogens with zero attached hydrogens (tertiary/aromatic N) is 5. The molecule has 0 aliphatic heterocycles. The highest BCUT2D eigenvalue weighted by molar-refractivity contribution is 5.96. The van der Waals surface area contributed by atoms with Crippen molar-refractivity contribution in [3.05, 3.63) is 152 Å². The molecule has 5 aromatic carbocycles. The van der Waals surface area contributed by atoms with Gasteiger partial charge in [0.05, 0.1) is 33.5 Å². The molecule has 0 saturated heterocycles. The molecule has 0 bridgehead atoms. The highest BCUT2D eigenvalue weighted by atomic mass is 15.3. The van der Waals surface area contributed by atoms with Crippen LogP contribution < -0.4 is 0 Å². The summed E-state index contributed by atoms with van der Waals surface area (Å²) in [5.41, 5.74) is 11.5. The first-order valence-corrected chi connectivity index (χ1v) is 14.7. The normalized spacial score (nSPS) is 11.6. The fourth-order valence-electron chi connectivity index (χ4n) is 6.14. The predicted octanol–water partition coefficient (Wildman–Crippen LogP) is 9.35. The van der Waals surface area contributed by atoms with Crippen molar-refractivity contribution in [3.8, 4) is 45.0 Å². The fourth-order valence-corrected chi connectivity index (χ4v) is 6.14. The van der Waals surface area contributed by atoms with Crippen molar-refractivity contribution in [1.82, 2.24) is 24.2 Å². The van der Waals surface area contributed by atoms with E-state index in [0.29, 0.717) is 0 Å². The molecule has 5 nitrogen and oxygen atoms in total. The van der Waals surface area contributed by atoms with Crippen LogP contribution >= 0.6 is 0 Å². The lowest BCUT2D eigenvalue weighted by atomic mass is 10.0. The molecule has 0 N–H and O–H groups in total. The monoisotopic (exact) mass is 563 g/mol. The number of hydrogen-bond donors (Lipinski definition) is 0. The summed E-state index contributed by atoms with van der Waals surface area (Å²) >= 11 is 0. The van der Waals surface area contributed by atoms with E-state index in [-0.39, 0.29) is 0 Å². The minimum Gasteiger partial charge on any atom is -0.232 e. The van der Waals surface area contributed by atoms with E-state index in [1.807, 2.05) is 33.3 Å². The average molecular weight is 564 g/mol. The lowest BCUT2D eigenvalue weighted by Crippen LogP contribution is -1.99. The zero-order chi connectivity index (χ0) is 29.0. The summed E-state index contributed by atoms with van der Waals surface area (Å²) in [6.07, 6.45) is 0. The minimum atomic E-state index is 0.818. The number of para-hydroxylation sites is 2. The summed E-state index contributed by atoms with van der Waals surface area (Å²) in [5.74, 6) is 0.818. The third-order valence-corrected chi connectivity index (χ3v) is 8.36. The van der Waals surface area contributed by atoms with Crippen molar-refractivity contribution >= 4 is 32.8 Å². The first kappa shape index (κ1) is 24.5. The maximum atomic E-state index is 5.07. The van der Waals surface area contributed by atoms with Crippen LogP contribution in [0.4, 0.5) is 0 Å². The first-order chi connectivity index (χ1) is 21.8. The highest BCUT2D eigenvalue weighted by Gasteiger charge is 2.15. The van der Waals surface area contributed by atoms with Gasteiger partial charge in [0, 0.05) is 27.5 Å². The van der Waals surface area contributed by atoms with Crippen LogP contribution in [0.15, 0.2) is 152 Å². The number of aromatic nitrogens is 5. The third-order valence-electron chi connectivity index (χ3n) is 8.36. The lowest BCUT2D eigenvalue weighted by molar-refractivity contribution is 0.949. The molecule has 0 aliphatic rings. The summed E-state index contributed by atoms with van der Waals surface area (Å²) in [7, 11) is 0. The van der Waals surface area contributed by atoms with Gasteiger partial charge in [-0.2, -0.15) is 10.2 Å². The summed E-state index contributed by atoms with van der Waals surface area (Å²) in [4.78, 5) is 5.07. The van der Waals surface area contributed by atoms with Crippen LogP contribution in [-0.2, 0) is 0 Å². The van der Waals surface area contributed by atoms with E-state index in [2.05, 4.69) is 127 Å². The predicted molar refractivity (Wildman–Crippen MR) is 178 cm³/mol. The van der Waals surface area contributed by atoms with Gasteiger partial charge in [0.25, 0.3) is 0 Å². The van der Waals surface area contributed by atoms with E-state index in [0.717, 1.165) is 72.5 Å². The Morgan fingerprint density at radius 3 is 2.02 bits per heavy atom. The Morgan fingerprint density at radius 1 is 0.409 bits per heavy atom. The fraction of sp³-hybridized carbons (Fsp3) is 0. The quantitative estimate of drug-likeness (QED) is 0.214. The van der Waals surface area contributed by atoms with Gasteiger partial charge in [0.2, 0.25) is 0 Å².